The number of nitrogens with zero attached hydrogens (tertiary/aromatic N) is 2. The van der Waals surface area contributed by atoms with Gasteiger partial charge < -0.3 is 5.73 Å². The summed E-state index contributed by atoms with van der Waals surface area (Å²) < 4.78 is 0. The van der Waals surface area contributed by atoms with Crippen molar-refractivity contribution >= 4 is 22.5 Å². The number of fused-ring (bicyclic) bond motifs is 1. The Hall–Kier alpha value is -2.50. The largest absolute Gasteiger partial charge is 0.364 e. The Morgan fingerprint density at radius 2 is 2.06 bits per heavy atom. The van der Waals surface area contributed by atoms with E-state index < -0.39 is 10.8 Å². The molecule has 0 aliphatic rings. The highest BCUT2D eigenvalue weighted by atomic mass is 16.6. The van der Waals surface area contributed by atoms with Crippen molar-refractivity contribution < 1.29 is 9.72 Å². The molecule has 0 atom stereocenters. The van der Waals surface area contributed by atoms with Crippen LogP contribution in [0.1, 0.15) is 10.5 Å². The fourth-order valence-electron chi connectivity index (χ4n) is 1.36. The van der Waals surface area contributed by atoms with Gasteiger partial charge in [-0.1, -0.05) is 6.07 Å². The number of pyridine rings is 1. The summed E-state index contributed by atoms with van der Waals surface area (Å²) in [4.78, 5) is 24.9. The molecule has 0 spiro atoms. The Morgan fingerprint density at radius 1 is 1.31 bits per heavy atom. The maximum Gasteiger partial charge on any atom is 0.270 e. The summed E-state index contributed by atoms with van der Waals surface area (Å²) in [5.41, 5.74) is 5.70. The lowest BCUT2D eigenvalue weighted by Gasteiger charge is -1.99. The number of carbonyl (C=O) groups is 1. The van der Waals surface area contributed by atoms with E-state index in [4.69, 9.17) is 5.73 Å². The van der Waals surface area contributed by atoms with Gasteiger partial charge in [0, 0.05) is 17.5 Å². The molecule has 0 saturated heterocycles. The number of nitro benzene ring substituents is 1. The van der Waals surface area contributed by atoms with Gasteiger partial charge in [-0.05, 0) is 12.1 Å². The van der Waals surface area contributed by atoms with E-state index in [1.54, 1.807) is 6.07 Å². The molecule has 6 nitrogen and oxygen atoms in total. The number of hydrogen-bond donors (Lipinski definition) is 1. The maximum absolute atomic E-state index is 10.9. The zero-order valence-electron chi connectivity index (χ0n) is 8.08. The van der Waals surface area contributed by atoms with Crippen LogP contribution in [0.15, 0.2) is 30.3 Å². The SMILES string of the molecule is NC(=O)c1ccc2cc([N+](=O)[O-])ccc2n1. The molecule has 6 heteroatoms. The first-order chi connectivity index (χ1) is 7.58. The van der Waals surface area contributed by atoms with E-state index in [2.05, 4.69) is 4.98 Å². The summed E-state index contributed by atoms with van der Waals surface area (Å²) in [6.07, 6.45) is 0. The molecule has 0 aliphatic carbocycles. The van der Waals surface area contributed by atoms with Gasteiger partial charge in [-0.25, -0.2) is 4.98 Å². The minimum Gasteiger partial charge on any atom is -0.364 e. The smallest absolute Gasteiger partial charge is 0.270 e. The molecule has 1 aromatic heterocycles. The molecule has 1 heterocycles. The third-order valence-electron chi connectivity index (χ3n) is 2.14. The molecule has 0 bridgehead atoms. The second-order valence-electron chi connectivity index (χ2n) is 3.19. The van der Waals surface area contributed by atoms with E-state index >= 15 is 0 Å². The first-order valence-electron chi connectivity index (χ1n) is 4.43. The molecule has 16 heavy (non-hydrogen) atoms. The highest BCUT2D eigenvalue weighted by Gasteiger charge is 2.08. The first kappa shape index (κ1) is 10.0. The number of hydrogen-bond acceptors (Lipinski definition) is 4. The van der Waals surface area contributed by atoms with Crippen molar-refractivity contribution in [3.8, 4) is 0 Å². The van der Waals surface area contributed by atoms with Gasteiger partial charge in [0.2, 0.25) is 0 Å². The average Bonchev–Trinajstić information content (AvgIpc) is 2.27. The second kappa shape index (κ2) is 3.58. The summed E-state index contributed by atoms with van der Waals surface area (Å²) in [6.45, 7) is 0. The lowest BCUT2D eigenvalue weighted by atomic mass is 10.2. The van der Waals surface area contributed by atoms with Crippen LogP contribution in [-0.4, -0.2) is 15.8 Å². The van der Waals surface area contributed by atoms with Crippen LogP contribution in [0.4, 0.5) is 5.69 Å². The average molecular weight is 217 g/mol. The molecular formula is C10H7N3O3. The Bertz CT molecular complexity index is 542. The summed E-state index contributed by atoms with van der Waals surface area (Å²) in [6, 6.07) is 7.23. The topological polar surface area (TPSA) is 99.1 Å². The number of amides is 1. The van der Waals surface area contributed by atoms with Crippen LogP contribution >= 0.6 is 0 Å². The van der Waals surface area contributed by atoms with Crippen molar-refractivity contribution in [1.82, 2.24) is 4.98 Å². The molecular weight excluding hydrogens is 210 g/mol. The zero-order valence-corrected chi connectivity index (χ0v) is 8.08. The number of aromatic nitrogens is 1. The van der Waals surface area contributed by atoms with Crippen LogP contribution in [-0.2, 0) is 0 Å². The Morgan fingerprint density at radius 3 is 2.69 bits per heavy atom. The van der Waals surface area contributed by atoms with Crippen LogP contribution in [0.25, 0.3) is 10.9 Å². The zero-order chi connectivity index (χ0) is 11.7. The number of carbonyl (C=O) groups excluding carboxylic acids is 1. The third kappa shape index (κ3) is 1.68. The van der Waals surface area contributed by atoms with Crippen molar-refractivity contribution in [3.63, 3.8) is 0 Å². The highest BCUT2D eigenvalue weighted by Crippen LogP contribution is 2.19. The highest BCUT2D eigenvalue weighted by molar-refractivity contribution is 5.93. The molecule has 2 aromatic rings. The van der Waals surface area contributed by atoms with E-state index in [-0.39, 0.29) is 11.4 Å². The third-order valence-corrected chi connectivity index (χ3v) is 2.14. The van der Waals surface area contributed by atoms with Crippen molar-refractivity contribution in [2.75, 3.05) is 0 Å². The molecule has 1 amide bonds. The normalized spacial score (nSPS) is 10.2. The number of rotatable bonds is 2. The molecule has 0 saturated carbocycles. The predicted molar refractivity (Wildman–Crippen MR) is 56.9 cm³/mol. The van der Waals surface area contributed by atoms with E-state index in [0.717, 1.165) is 0 Å². The van der Waals surface area contributed by atoms with Crippen LogP contribution in [0.3, 0.4) is 0 Å². The molecule has 2 N–H and O–H groups in total. The second-order valence-corrected chi connectivity index (χ2v) is 3.19. The molecule has 0 radical (unpaired) electrons. The molecule has 2 rings (SSSR count). The van der Waals surface area contributed by atoms with E-state index in [9.17, 15) is 14.9 Å². The molecule has 0 unspecified atom stereocenters. The summed E-state index contributed by atoms with van der Waals surface area (Å²) in [7, 11) is 0. The Balaban J connectivity index is 2.61. The number of non-ortho nitro benzene ring substituents is 1. The fraction of sp³-hybridized carbons (Fsp3) is 0. The molecule has 80 valence electrons. The quantitative estimate of drug-likeness (QED) is 0.604. The monoisotopic (exact) mass is 217 g/mol. The summed E-state index contributed by atoms with van der Waals surface area (Å²) >= 11 is 0. The number of primary amides is 1. The van der Waals surface area contributed by atoms with E-state index in [0.29, 0.717) is 10.9 Å². The first-order valence-corrected chi connectivity index (χ1v) is 4.43. The summed E-state index contributed by atoms with van der Waals surface area (Å²) in [5.74, 6) is -0.625. The Kier molecular flexibility index (Phi) is 2.24. The van der Waals surface area contributed by atoms with E-state index in [1.165, 1.54) is 24.3 Å². The van der Waals surface area contributed by atoms with E-state index in [1.807, 2.05) is 0 Å². The number of nitro groups is 1. The van der Waals surface area contributed by atoms with Gasteiger partial charge in [-0.2, -0.15) is 0 Å². The molecule has 0 fully saturated rings. The van der Waals surface area contributed by atoms with Crippen molar-refractivity contribution in [2.24, 2.45) is 5.73 Å². The van der Waals surface area contributed by atoms with Crippen molar-refractivity contribution in [2.45, 2.75) is 0 Å². The number of nitrogens with two attached hydrogens (primary N) is 1. The van der Waals surface area contributed by atoms with Crippen molar-refractivity contribution in [3.05, 3.63) is 46.1 Å². The van der Waals surface area contributed by atoms with Crippen LogP contribution in [0, 0.1) is 10.1 Å². The minimum atomic E-state index is -0.625. The molecule has 1 aromatic carbocycles. The maximum atomic E-state index is 10.9. The summed E-state index contributed by atoms with van der Waals surface area (Å²) in [5, 5.41) is 11.1. The van der Waals surface area contributed by atoms with Crippen molar-refractivity contribution in [1.29, 1.82) is 0 Å². The van der Waals surface area contributed by atoms with Crippen LogP contribution in [0.2, 0.25) is 0 Å². The Labute approximate surface area is 89.9 Å². The minimum absolute atomic E-state index is 0.0128. The van der Waals surface area contributed by atoms with Gasteiger partial charge >= 0.3 is 0 Å². The van der Waals surface area contributed by atoms with Gasteiger partial charge in [0.1, 0.15) is 5.69 Å². The van der Waals surface area contributed by atoms with Gasteiger partial charge in [0.25, 0.3) is 11.6 Å². The van der Waals surface area contributed by atoms with Crippen LogP contribution < -0.4 is 5.73 Å². The lowest BCUT2D eigenvalue weighted by Crippen LogP contribution is -2.12. The molecule has 0 aliphatic heterocycles. The lowest BCUT2D eigenvalue weighted by molar-refractivity contribution is -0.384. The van der Waals surface area contributed by atoms with Gasteiger partial charge in [0.05, 0.1) is 10.4 Å². The predicted octanol–water partition coefficient (Wildman–Crippen LogP) is 1.24. The standard InChI is InChI=1S/C10H7N3O3/c11-10(14)9-3-1-6-5-7(13(15)16)2-4-8(6)12-9/h1-5H,(H2,11,14). The fourth-order valence-corrected chi connectivity index (χ4v) is 1.36. The van der Waals surface area contributed by atoms with Gasteiger partial charge in [-0.15, -0.1) is 0 Å². The van der Waals surface area contributed by atoms with Gasteiger partial charge in [0.15, 0.2) is 0 Å². The van der Waals surface area contributed by atoms with Crippen LogP contribution in [0.5, 0.6) is 0 Å². The van der Waals surface area contributed by atoms with Gasteiger partial charge in [-0.3, -0.25) is 14.9 Å². The number of benzene rings is 1.